The fourth-order valence-electron chi connectivity index (χ4n) is 3.88. The molecule has 2 heterocycles. The average molecular weight is 426 g/mol. The molecule has 166 valence electrons. The summed E-state index contributed by atoms with van der Waals surface area (Å²) in [6.45, 7) is 10.9. The molecule has 1 N–H and O–H groups in total. The Morgan fingerprint density at radius 1 is 1.10 bits per heavy atom. The van der Waals surface area contributed by atoms with Crippen molar-refractivity contribution in [1.29, 1.82) is 0 Å². The van der Waals surface area contributed by atoms with Gasteiger partial charge in [-0.25, -0.2) is 14.3 Å². The Balaban J connectivity index is 1.73. The predicted octanol–water partition coefficient (Wildman–Crippen LogP) is 1.71. The second-order valence-electron chi connectivity index (χ2n) is 9.20. The number of rotatable bonds is 5. The summed E-state index contributed by atoms with van der Waals surface area (Å²) < 4.78 is 3.79. The third kappa shape index (κ3) is 4.33. The molecule has 0 aliphatic rings. The van der Waals surface area contributed by atoms with Gasteiger partial charge in [-0.3, -0.25) is 14.2 Å². The number of fused-ring (bicyclic) bond motifs is 1. The van der Waals surface area contributed by atoms with Crippen molar-refractivity contribution in [2.45, 2.75) is 53.0 Å². The third-order valence-electron chi connectivity index (χ3n) is 5.76. The van der Waals surface area contributed by atoms with Crippen molar-refractivity contribution in [3.8, 4) is 0 Å². The summed E-state index contributed by atoms with van der Waals surface area (Å²) in [6, 6.07) is 4.41. The molecular formula is C23H31N5O3. The standard InChI is InChI=1S/C23H31N5O3/c1-14-10-16(23(3,4)5)11-15(2)17(14)8-9-24-18(29)12-28-21(30)19-20(25-13-26(19)6)27(7)22(28)31/h10-11,13H,8-9,12H2,1-7H3,(H,24,29). The summed E-state index contributed by atoms with van der Waals surface area (Å²) in [5.41, 5.74) is 4.49. The molecule has 0 aliphatic heterocycles. The lowest BCUT2D eigenvalue weighted by Crippen LogP contribution is -2.43. The number of benzene rings is 1. The highest BCUT2D eigenvalue weighted by Gasteiger charge is 2.18. The van der Waals surface area contributed by atoms with E-state index in [2.05, 4.69) is 57.1 Å². The molecule has 0 atom stereocenters. The van der Waals surface area contributed by atoms with E-state index in [1.807, 2.05) is 0 Å². The summed E-state index contributed by atoms with van der Waals surface area (Å²) in [6.07, 6.45) is 2.16. The van der Waals surface area contributed by atoms with Crippen LogP contribution in [-0.4, -0.2) is 31.1 Å². The number of imidazole rings is 1. The van der Waals surface area contributed by atoms with Gasteiger partial charge in [-0.1, -0.05) is 32.9 Å². The van der Waals surface area contributed by atoms with Gasteiger partial charge in [0.05, 0.1) is 6.33 Å². The molecule has 0 radical (unpaired) electrons. The van der Waals surface area contributed by atoms with Crippen molar-refractivity contribution >= 4 is 17.1 Å². The lowest BCUT2D eigenvalue weighted by molar-refractivity contribution is -0.121. The molecule has 8 nitrogen and oxygen atoms in total. The number of hydrogen-bond acceptors (Lipinski definition) is 4. The highest BCUT2D eigenvalue weighted by atomic mass is 16.2. The van der Waals surface area contributed by atoms with Gasteiger partial charge in [0.2, 0.25) is 5.91 Å². The average Bonchev–Trinajstić information content (AvgIpc) is 3.06. The van der Waals surface area contributed by atoms with Crippen molar-refractivity contribution in [3.63, 3.8) is 0 Å². The van der Waals surface area contributed by atoms with Crippen LogP contribution in [0.5, 0.6) is 0 Å². The van der Waals surface area contributed by atoms with Gasteiger partial charge in [0.15, 0.2) is 11.2 Å². The van der Waals surface area contributed by atoms with Gasteiger partial charge in [-0.15, -0.1) is 0 Å². The Hall–Kier alpha value is -3.16. The second-order valence-corrected chi connectivity index (χ2v) is 9.20. The Morgan fingerprint density at radius 2 is 1.71 bits per heavy atom. The van der Waals surface area contributed by atoms with Crippen LogP contribution in [0.4, 0.5) is 0 Å². The first-order valence-corrected chi connectivity index (χ1v) is 10.4. The van der Waals surface area contributed by atoms with Crippen LogP contribution in [0.2, 0.25) is 0 Å². The van der Waals surface area contributed by atoms with Gasteiger partial charge in [0.1, 0.15) is 6.54 Å². The zero-order valence-corrected chi connectivity index (χ0v) is 19.4. The number of amides is 1. The highest BCUT2D eigenvalue weighted by Crippen LogP contribution is 2.27. The SMILES string of the molecule is Cc1cc(C(C)(C)C)cc(C)c1CCNC(=O)Cn1c(=O)c2c(ncn2C)n(C)c1=O. The number of aryl methyl sites for hydroxylation is 4. The van der Waals surface area contributed by atoms with Crippen molar-refractivity contribution in [2.75, 3.05) is 6.54 Å². The normalized spacial score (nSPS) is 11.8. The quantitative estimate of drug-likeness (QED) is 0.674. The van der Waals surface area contributed by atoms with Crippen molar-refractivity contribution in [1.82, 2.24) is 24.0 Å². The molecule has 0 saturated heterocycles. The molecule has 1 aromatic carbocycles. The molecule has 8 heteroatoms. The van der Waals surface area contributed by atoms with E-state index < -0.39 is 11.2 Å². The Bertz CT molecular complexity index is 1250. The fraction of sp³-hybridized carbons (Fsp3) is 0.478. The maximum Gasteiger partial charge on any atom is 0.332 e. The number of carbonyl (C=O) groups excluding carboxylic acids is 1. The van der Waals surface area contributed by atoms with Crippen LogP contribution in [0.1, 0.15) is 43.0 Å². The van der Waals surface area contributed by atoms with E-state index in [4.69, 9.17) is 0 Å². The Morgan fingerprint density at radius 3 is 2.29 bits per heavy atom. The second kappa shape index (κ2) is 8.17. The van der Waals surface area contributed by atoms with Crippen LogP contribution in [0.25, 0.3) is 11.2 Å². The molecule has 31 heavy (non-hydrogen) atoms. The fourth-order valence-corrected chi connectivity index (χ4v) is 3.88. The minimum atomic E-state index is -0.559. The van der Waals surface area contributed by atoms with Gasteiger partial charge in [0.25, 0.3) is 5.56 Å². The molecule has 0 saturated carbocycles. The van der Waals surface area contributed by atoms with E-state index >= 15 is 0 Å². The lowest BCUT2D eigenvalue weighted by Gasteiger charge is -2.22. The van der Waals surface area contributed by atoms with E-state index in [1.54, 1.807) is 11.6 Å². The maximum atomic E-state index is 12.7. The molecule has 0 unspecified atom stereocenters. The Labute approximate surface area is 181 Å². The first-order valence-electron chi connectivity index (χ1n) is 10.4. The number of aromatic nitrogens is 4. The van der Waals surface area contributed by atoms with Crippen LogP contribution >= 0.6 is 0 Å². The number of nitrogens with one attached hydrogen (secondary N) is 1. The monoisotopic (exact) mass is 425 g/mol. The largest absolute Gasteiger partial charge is 0.354 e. The molecule has 1 amide bonds. The number of hydrogen-bond donors (Lipinski definition) is 1. The summed E-state index contributed by atoms with van der Waals surface area (Å²) in [5, 5.41) is 2.84. The van der Waals surface area contributed by atoms with Gasteiger partial charge >= 0.3 is 5.69 Å². The smallest absolute Gasteiger partial charge is 0.332 e. The van der Waals surface area contributed by atoms with Crippen LogP contribution in [0, 0.1) is 13.8 Å². The van der Waals surface area contributed by atoms with Gasteiger partial charge < -0.3 is 9.88 Å². The van der Waals surface area contributed by atoms with Crippen molar-refractivity contribution in [2.24, 2.45) is 14.1 Å². The molecule has 3 rings (SSSR count). The zero-order valence-electron chi connectivity index (χ0n) is 19.4. The van der Waals surface area contributed by atoms with E-state index in [1.165, 1.54) is 40.2 Å². The minimum absolute atomic E-state index is 0.0800. The van der Waals surface area contributed by atoms with Gasteiger partial charge in [-0.05, 0) is 47.9 Å². The summed E-state index contributed by atoms with van der Waals surface area (Å²) in [5.74, 6) is -0.373. The van der Waals surface area contributed by atoms with E-state index in [0.29, 0.717) is 24.1 Å². The summed E-state index contributed by atoms with van der Waals surface area (Å²) >= 11 is 0. The molecule has 0 aliphatic carbocycles. The number of carbonyl (C=O) groups is 1. The van der Waals surface area contributed by atoms with Gasteiger partial charge in [0, 0.05) is 20.6 Å². The van der Waals surface area contributed by atoms with E-state index in [9.17, 15) is 14.4 Å². The minimum Gasteiger partial charge on any atom is -0.354 e. The van der Waals surface area contributed by atoms with Crippen molar-refractivity contribution < 1.29 is 4.79 Å². The van der Waals surface area contributed by atoms with Crippen molar-refractivity contribution in [3.05, 3.63) is 61.6 Å². The van der Waals surface area contributed by atoms with Crippen LogP contribution in [0.3, 0.4) is 0 Å². The zero-order chi connectivity index (χ0) is 23.1. The third-order valence-corrected chi connectivity index (χ3v) is 5.76. The summed E-state index contributed by atoms with van der Waals surface area (Å²) in [7, 11) is 3.22. The van der Waals surface area contributed by atoms with E-state index in [0.717, 1.165) is 4.57 Å². The first-order chi connectivity index (χ1) is 14.4. The van der Waals surface area contributed by atoms with Gasteiger partial charge in [-0.2, -0.15) is 0 Å². The topological polar surface area (TPSA) is 90.9 Å². The maximum absolute atomic E-state index is 12.7. The molecular weight excluding hydrogens is 394 g/mol. The lowest BCUT2D eigenvalue weighted by atomic mass is 9.83. The molecule has 0 spiro atoms. The first kappa shape index (κ1) is 22.5. The highest BCUT2D eigenvalue weighted by molar-refractivity contribution is 5.76. The molecule has 3 aromatic rings. The molecule has 0 bridgehead atoms. The van der Waals surface area contributed by atoms with Crippen LogP contribution in [-0.2, 0) is 37.3 Å². The van der Waals surface area contributed by atoms with E-state index in [-0.39, 0.29) is 17.9 Å². The number of nitrogens with zero attached hydrogens (tertiary/aromatic N) is 4. The summed E-state index contributed by atoms with van der Waals surface area (Å²) in [4.78, 5) is 41.9. The Kier molecular flexibility index (Phi) is 5.93. The predicted molar refractivity (Wildman–Crippen MR) is 122 cm³/mol. The molecule has 0 fully saturated rings. The van der Waals surface area contributed by atoms with Crippen LogP contribution in [0.15, 0.2) is 28.0 Å². The molecule has 2 aromatic heterocycles. The van der Waals surface area contributed by atoms with Crippen LogP contribution < -0.4 is 16.6 Å².